The Morgan fingerprint density at radius 1 is 1.47 bits per heavy atom. The van der Waals surface area contributed by atoms with Crippen molar-refractivity contribution in [1.82, 2.24) is 0 Å². The molecule has 0 radical (unpaired) electrons. The van der Waals surface area contributed by atoms with E-state index in [1.165, 1.54) is 12.1 Å². The molecule has 0 amide bonds. The van der Waals surface area contributed by atoms with Crippen LogP contribution in [0.2, 0.25) is 0 Å². The SMILES string of the molecule is C=C(C)C[C@@H](N)c1cccc(OC(F)F)c1.Cl. The number of hydrogen-bond acceptors (Lipinski definition) is 2. The van der Waals surface area contributed by atoms with Crippen molar-refractivity contribution in [2.45, 2.75) is 26.0 Å². The number of alkyl halides is 2. The van der Waals surface area contributed by atoms with E-state index in [0.29, 0.717) is 6.42 Å². The Bertz CT molecular complexity index is 371. The highest BCUT2D eigenvalue weighted by atomic mass is 35.5. The topological polar surface area (TPSA) is 35.2 Å². The van der Waals surface area contributed by atoms with E-state index in [4.69, 9.17) is 5.73 Å². The van der Waals surface area contributed by atoms with Gasteiger partial charge in [-0.25, -0.2) is 0 Å². The second kappa shape index (κ2) is 7.25. The Kier molecular flexibility index (Phi) is 6.76. The highest BCUT2D eigenvalue weighted by molar-refractivity contribution is 5.85. The summed E-state index contributed by atoms with van der Waals surface area (Å²) in [5.41, 5.74) is 7.61. The lowest BCUT2D eigenvalue weighted by Crippen LogP contribution is -2.11. The monoisotopic (exact) mass is 263 g/mol. The van der Waals surface area contributed by atoms with Gasteiger partial charge in [0.1, 0.15) is 5.75 Å². The first-order valence-corrected chi connectivity index (χ1v) is 4.93. The summed E-state index contributed by atoms with van der Waals surface area (Å²) in [5, 5.41) is 0. The minimum absolute atomic E-state index is 0. The zero-order valence-corrected chi connectivity index (χ0v) is 10.3. The molecule has 0 aliphatic rings. The normalized spacial score (nSPS) is 11.8. The molecule has 1 rings (SSSR count). The summed E-state index contributed by atoms with van der Waals surface area (Å²) in [6.45, 7) is 2.82. The first kappa shape index (κ1) is 15.9. The molecule has 2 N–H and O–H groups in total. The van der Waals surface area contributed by atoms with Crippen LogP contribution >= 0.6 is 12.4 Å². The van der Waals surface area contributed by atoms with Gasteiger partial charge in [-0.05, 0) is 31.0 Å². The average molecular weight is 264 g/mol. The number of ether oxygens (including phenoxy) is 1. The summed E-state index contributed by atoms with van der Waals surface area (Å²) >= 11 is 0. The number of hydrogen-bond donors (Lipinski definition) is 1. The molecule has 0 unspecified atom stereocenters. The van der Waals surface area contributed by atoms with Crippen LogP contribution in [-0.2, 0) is 0 Å². The molecule has 0 aliphatic carbocycles. The van der Waals surface area contributed by atoms with Gasteiger partial charge in [0.25, 0.3) is 0 Å². The first-order valence-electron chi connectivity index (χ1n) is 4.93. The zero-order valence-electron chi connectivity index (χ0n) is 9.53. The van der Waals surface area contributed by atoms with Crippen LogP contribution in [0.3, 0.4) is 0 Å². The van der Waals surface area contributed by atoms with E-state index < -0.39 is 6.61 Å². The third-order valence-electron chi connectivity index (χ3n) is 2.08. The van der Waals surface area contributed by atoms with Gasteiger partial charge in [-0.2, -0.15) is 8.78 Å². The Morgan fingerprint density at radius 2 is 2.12 bits per heavy atom. The summed E-state index contributed by atoms with van der Waals surface area (Å²) in [6.07, 6.45) is 0.623. The zero-order chi connectivity index (χ0) is 12.1. The molecule has 1 aromatic rings. The predicted octanol–water partition coefficient (Wildman–Crippen LogP) is 3.68. The van der Waals surface area contributed by atoms with Gasteiger partial charge in [0.2, 0.25) is 0 Å². The van der Waals surface area contributed by atoms with Gasteiger partial charge < -0.3 is 10.5 Å². The van der Waals surface area contributed by atoms with Gasteiger partial charge >= 0.3 is 6.61 Å². The fraction of sp³-hybridized carbons (Fsp3) is 0.333. The van der Waals surface area contributed by atoms with Crippen molar-refractivity contribution in [3.63, 3.8) is 0 Å². The van der Waals surface area contributed by atoms with Crippen LogP contribution in [0.25, 0.3) is 0 Å². The Balaban J connectivity index is 0.00000256. The van der Waals surface area contributed by atoms with Crippen LogP contribution < -0.4 is 10.5 Å². The van der Waals surface area contributed by atoms with Crippen LogP contribution in [-0.4, -0.2) is 6.61 Å². The van der Waals surface area contributed by atoms with Gasteiger partial charge in [-0.15, -0.1) is 19.0 Å². The Morgan fingerprint density at radius 3 is 2.65 bits per heavy atom. The lowest BCUT2D eigenvalue weighted by molar-refractivity contribution is -0.0498. The Hall–Kier alpha value is -1.13. The predicted molar refractivity (Wildman–Crippen MR) is 66.7 cm³/mol. The van der Waals surface area contributed by atoms with Gasteiger partial charge in [0.15, 0.2) is 0 Å². The van der Waals surface area contributed by atoms with E-state index in [-0.39, 0.29) is 24.2 Å². The number of halogens is 3. The maximum atomic E-state index is 12.0. The molecule has 0 spiro atoms. The van der Waals surface area contributed by atoms with Gasteiger partial charge in [0, 0.05) is 6.04 Å². The van der Waals surface area contributed by atoms with Crippen molar-refractivity contribution < 1.29 is 13.5 Å². The number of rotatable bonds is 5. The van der Waals surface area contributed by atoms with Crippen molar-refractivity contribution in [3.05, 3.63) is 42.0 Å². The molecule has 0 saturated carbocycles. The molecule has 0 bridgehead atoms. The summed E-state index contributed by atoms with van der Waals surface area (Å²) in [6, 6.07) is 6.19. The van der Waals surface area contributed by atoms with E-state index >= 15 is 0 Å². The molecule has 96 valence electrons. The maximum Gasteiger partial charge on any atom is 0.387 e. The maximum absolute atomic E-state index is 12.0. The van der Waals surface area contributed by atoms with Crippen LogP contribution in [0.5, 0.6) is 5.75 Å². The lowest BCUT2D eigenvalue weighted by atomic mass is 10.0. The van der Waals surface area contributed by atoms with E-state index in [1.807, 2.05) is 6.92 Å². The van der Waals surface area contributed by atoms with E-state index in [2.05, 4.69) is 11.3 Å². The van der Waals surface area contributed by atoms with Crippen molar-refractivity contribution >= 4 is 12.4 Å². The van der Waals surface area contributed by atoms with Gasteiger partial charge in [-0.1, -0.05) is 17.7 Å². The lowest BCUT2D eigenvalue weighted by Gasteiger charge is -2.13. The van der Waals surface area contributed by atoms with Crippen molar-refractivity contribution in [1.29, 1.82) is 0 Å². The summed E-state index contributed by atoms with van der Waals surface area (Å²) in [5.74, 6) is 0.129. The average Bonchev–Trinajstić information content (AvgIpc) is 2.16. The molecule has 5 heteroatoms. The molecule has 0 aliphatic heterocycles. The van der Waals surface area contributed by atoms with Crippen LogP contribution in [0.4, 0.5) is 8.78 Å². The molecular formula is C12H16ClF2NO. The second-order valence-electron chi connectivity index (χ2n) is 3.72. The van der Waals surface area contributed by atoms with Gasteiger partial charge in [-0.3, -0.25) is 0 Å². The van der Waals surface area contributed by atoms with Crippen molar-refractivity contribution in [2.24, 2.45) is 5.73 Å². The standard InChI is InChI=1S/C12H15F2NO.ClH/c1-8(2)6-11(15)9-4-3-5-10(7-9)16-12(13)14;/h3-5,7,11-12H,1,6,15H2,2H3;1H/t11-;/m1./s1. The van der Waals surface area contributed by atoms with Crippen LogP contribution in [0.1, 0.15) is 24.9 Å². The van der Waals surface area contributed by atoms with Crippen LogP contribution in [0, 0.1) is 0 Å². The molecule has 0 aromatic heterocycles. The summed E-state index contributed by atoms with van der Waals surface area (Å²) in [7, 11) is 0. The molecule has 2 nitrogen and oxygen atoms in total. The molecule has 0 saturated heterocycles. The highest BCUT2D eigenvalue weighted by Crippen LogP contribution is 2.22. The fourth-order valence-electron chi connectivity index (χ4n) is 1.41. The minimum atomic E-state index is -2.81. The molecule has 1 atom stereocenters. The molecule has 1 aromatic carbocycles. The number of benzene rings is 1. The van der Waals surface area contributed by atoms with Crippen molar-refractivity contribution in [3.8, 4) is 5.75 Å². The minimum Gasteiger partial charge on any atom is -0.435 e. The smallest absolute Gasteiger partial charge is 0.387 e. The summed E-state index contributed by atoms with van der Waals surface area (Å²) in [4.78, 5) is 0. The largest absolute Gasteiger partial charge is 0.435 e. The third-order valence-corrected chi connectivity index (χ3v) is 2.08. The van der Waals surface area contributed by atoms with E-state index in [0.717, 1.165) is 11.1 Å². The first-order chi connectivity index (χ1) is 7.49. The van der Waals surface area contributed by atoms with Crippen LogP contribution in [0.15, 0.2) is 36.4 Å². The van der Waals surface area contributed by atoms with Crippen molar-refractivity contribution in [2.75, 3.05) is 0 Å². The molecule has 0 heterocycles. The molecular weight excluding hydrogens is 248 g/mol. The van der Waals surface area contributed by atoms with E-state index in [1.54, 1.807) is 12.1 Å². The van der Waals surface area contributed by atoms with E-state index in [9.17, 15) is 8.78 Å². The molecule has 0 fully saturated rings. The quantitative estimate of drug-likeness (QED) is 0.823. The Labute approximate surface area is 106 Å². The third kappa shape index (κ3) is 5.65. The fourth-order valence-corrected chi connectivity index (χ4v) is 1.41. The number of nitrogens with two attached hydrogens (primary N) is 1. The second-order valence-corrected chi connectivity index (χ2v) is 3.72. The summed E-state index contributed by atoms with van der Waals surface area (Å²) < 4.78 is 28.3. The highest BCUT2D eigenvalue weighted by Gasteiger charge is 2.09. The molecule has 17 heavy (non-hydrogen) atoms. The van der Waals surface area contributed by atoms with Gasteiger partial charge in [0.05, 0.1) is 0 Å².